The molecule has 0 saturated heterocycles. The summed E-state index contributed by atoms with van der Waals surface area (Å²) in [5, 5.41) is 8.85. The summed E-state index contributed by atoms with van der Waals surface area (Å²) in [4.78, 5) is 10.9. The highest BCUT2D eigenvalue weighted by atomic mass is 16.3. The highest BCUT2D eigenvalue weighted by Crippen LogP contribution is 2.35. The number of aliphatic hydroxyl groups excluding tert-OH is 1. The Hall–Kier alpha value is -0.370. The molecule has 1 aliphatic rings. The van der Waals surface area contributed by atoms with E-state index in [1.807, 2.05) is 0 Å². The van der Waals surface area contributed by atoms with Crippen molar-refractivity contribution in [1.82, 2.24) is 0 Å². The molecule has 0 spiro atoms. The quantitative estimate of drug-likeness (QED) is 0.519. The molecular weight excluding hydrogens is 152 g/mol. The van der Waals surface area contributed by atoms with Gasteiger partial charge in [0.25, 0.3) is 0 Å². The van der Waals surface area contributed by atoms with Gasteiger partial charge in [-0.15, -0.1) is 0 Å². The van der Waals surface area contributed by atoms with Crippen molar-refractivity contribution in [2.75, 3.05) is 6.61 Å². The van der Waals surface area contributed by atoms with Gasteiger partial charge in [-0.25, -0.2) is 0 Å². The van der Waals surface area contributed by atoms with Crippen molar-refractivity contribution < 1.29 is 9.90 Å². The smallest absolute Gasteiger partial charge is 0.126 e. The lowest BCUT2D eigenvalue weighted by Crippen LogP contribution is -2.23. The predicted octanol–water partition coefficient (Wildman–Crippen LogP) is 1.91. The minimum Gasteiger partial charge on any atom is -0.396 e. The van der Waals surface area contributed by atoms with E-state index in [-0.39, 0.29) is 12.0 Å². The fourth-order valence-electron chi connectivity index (χ4n) is 2.08. The Labute approximate surface area is 74.0 Å². The van der Waals surface area contributed by atoms with Crippen LogP contribution in [0.4, 0.5) is 0 Å². The Morgan fingerprint density at radius 2 is 1.75 bits per heavy atom. The van der Waals surface area contributed by atoms with Gasteiger partial charge >= 0.3 is 0 Å². The first-order valence-electron chi connectivity index (χ1n) is 4.90. The first-order chi connectivity index (χ1) is 5.83. The summed E-state index contributed by atoms with van der Waals surface area (Å²) >= 11 is 0. The van der Waals surface area contributed by atoms with Gasteiger partial charge in [-0.3, -0.25) is 0 Å². The molecule has 1 N–H and O–H groups in total. The number of hydrogen-bond acceptors (Lipinski definition) is 2. The normalized spacial score (nSPS) is 23.1. The molecule has 1 rings (SSSR count). The van der Waals surface area contributed by atoms with Crippen molar-refractivity contribution in [3.8, 4) is 0 Å². The number of hydrogen-bond donors (Lipinski definition) is 1. The molecule has 2 nitrogen and oxygen atoms in total. The number of carbonyl (C=O) groups is 1. The molecule has 0 aromatic rings. The van der Waals surface area contributed by atoms with E-state index in [1.54, 1.807) is 0 Å². The lowest BCUT2D eigenvalue weighted by atomic mass is 9.79. The third kappa shape index (κ3) is 2.31. The van der Waals surface area contributed by atoms with Crippen LogP contribution >= 0.6 is 0 Å². The SMILES string of the molecule is O=CC1(CCO)CCCCCC1. The van der Waals surface area contributed by atoms with Crippen LogP contribution in [0.15, 0.2) is 0 Å². The van der Waals surface area contributed by atoms with Crippen molar-refractivity contribution in [1.29, 1.82) is 0 Å². The summed E-state index contributed by atoms with van der Waals surface area (Å²) in [5.74, 6) is 0. The number of carbonyl (C=O) groups excluding carboxylic acids is 1. The summed E-state index contributed by atoms with van der Waals surface area (Å²) in [6.07, 6.45) is 8.51. The summed E-state index contributed by atoms with van der Waals surface area (Å²) < 4.78 is 0. The molecular formula is C10H18O2. The van der Waals surface area contributed by atoms with E-state index in [2.05, 4.69) is 0 Å². The zero-order chi connectivity index (χ0) is 8.86. The van der Waals surface area contributed by atoms with Crippen LogP contribution in [0.1, 0.15) is 44.9 Å². The topological polar surface area (TPSA) is 37.3 Å². The van der Waals surface area contributed by atoms with E-state index < -0.39 is 0 Å². The van der Waals surface area contributed by atoms with E-state index in [0.29, 0.717) is 6.42 Å². The average Bonchev–Trinajstić information content (AvgIpc) is 2.32. The summed E-state index contributed by atoms with van der Waals surface area (Å²) in [6.45, 7) is 0.152. The standard InChI is InChI=1S/C10H18O2/c11-8-7-10(9-12)5-3-1-2-4-6-10/h9,11H,1-8H2. The van der Waals surface area contributed by atoms with Crippen LogP contribution in [0.5, 0.6) is 0 Å². The largest absolute Gasteiger partial charge is 0.396 e. The Bertz CT molecular complexity index is 135. The minimum atomic E-state index is -0.175. The highest BCUT2D eigenvalue weighted by Gasteiger charge is 2.29. The van der Waals surface area contributed by atoms with Crippen molar-refractivity contribution in [3.05, 3.63) is 0 Å². The van der Waals surface area contributed by atoms with Crippen LogP contribution in [0.25, 0.3) is 0 Å². The zero-order valence-electron chi connectivity index (χ0n) is 7.59. The van der Waals surface area contributed by atoms with E-state index in [9.17, 15) is 4.79 Å². The van der Waals surface area contributed by atoms with Gasteiger partial charge in [0.05, 0.1) is 0 Å². The molecule has 0 aromatic carbocycles. The summed E-state index contributed by atoms with van der Waals surface area (Å²) in [7, 11) is 0. The van der Waals surface area contributed by atoms with Crippen LogP contribution in [-0.2, 0) is 4.79 Å². The van der Waals surface area contributed by atoms with Gasteiger partial charge in [0.2, 0.25) is 0 Å². The van der Waals surface area contributed by atoms with Crippen molar-refractivity contribution in [2.45, 2.75) is 44.9 Å². The van der Waals surface area contributed by atoms with Gasteiger partial charge in [0, 0.05) is 12.0 Å². The van der Waals surface area contributed by atoms with Crippen LogP contribution < -0.4 is 0 Å². The number of aldehydes is 1. The third-order valence-electron chi connectivity index (χ3n) is 2.96. The van der Waals surface area contributed by atoms with Gasteiger partial charge < -0.3 is 9.90 Å². The van der Waals surface area contributed by atoms with Gasteiger partial charge in [-0.05, 0) is 19.3 Å². The third-order valence-corrected chi connectivity index (χ3v) is 2.96. The molecule has 1 saturated carbocycles. The highest BCUT2D eigenvalue weighted by molar-refractivity contribution is 5.59. The average molecular weight is 170 g/mol. The Kier molecular flexibility index (Phi) is 3.73. The molecule has 1 fully saturated rings. The van der Waals surface area contributed by atoms with E-state index in [1.165, 1.54) is 12.8 Å². The summed E-state index contributed by atoms with van der Waals surface area (Å²) in [5.41, 5.74) is -0.175. The minimum absolute atomic E-state index is 0.152. The van der Waals surface area contributed by atoms with Gasteiger partial charge in [-0.1, -0.05) is 25.7 Å². The van der Waals surface area contributed by atoms with Crippen LogP contribution in [0.3, 0.4) is 0 Å². The lowest BCUT2D eigenvalue weighted by Gasteiger charge is -2.24. The molecule has 1 aliphatic carbocycles. The maximum Gasteiger partial charge on any atom is 0.126 e. The molecule has 0 bridgehead atoms. The summed E-state index contributed by atoms with van der Waals surface area (Å²) in [6, 6.07) is 0. The van der Waals surface area contributed by atoms with Crippen molar-refractivity contribution in [2.24, 2.45) is 5.41 Å². The molecule has 0 radical (unpaired) electrons. The number of rotatable bonds is 3. The Morgan fingerprint density at radius 1 is 1.17 bits per heavy atom. The Balaban J connectivity index is 2.54. The zero-order valence-corrected chi connectivity index (χ0v) is 7.59. The molecule has 0 heterocycles. The van der Waals surface area contributed by atoms with Crippen molar-refractivity contribution >= 4 is 6.29 Å². The molecule has 0 unspecified atom stereocenters. The maximum atomic E-state index is 10.9. The Morgan fingerprint density at radius 3 is 2.17 bits per heavy atom. The first-order valence-corrected chi connectivity index (χ1v) is 4.90. The fourth-order valence-corrected chi connectivity index (χ4v) is 2.08. The molecule has 0 aromatic heterocycles. The van der Waals surface area contributed by atoms with Crippen LogP contribution in [0.2, 0.25) is 0 Å². The second-order valence-corrected chi connectivity index (χ2v) is 3.87. The molecule has 0 atom stereocenters. The second kappa shape index (κ2) is 4.61. The molecule has 0 aliphatic heterocycles. The van der Waals surface area contributed by atoms with E-state index >= 15 is 0 Å². The maximum absolute atomic E-state index is 10.9. The molecule has 0 amide bonds. The van der Waals surface area contributed by atoms with Crippen LogP contribution in [0, 0.1) is 5.41 Å². The van der Waals surface area contributed by atoms with Crippen LogP contribution in [-0.4, -0.2) is 18.0 Å². The molecule has 12 heavy (non-hydrogen) atoms. The van der Waals surface area contributed by atoms with Gasteiger partial charge in [0.15, 0.2) is 0 Å². The van der Waals surface area contributed by atoms with E-state index in [4.69, 9.17) is 5.11 Å². The fraction of sp³-hybridized carbons (Fsp3) is 0.900. The number of aliphatic hydroxyl groups is 1. The first kappa shape index (κ1) is 9.72. The molecule has 2 heteroatoms. The van der Waals surface area contributed by atoms with Gasteiger partial charge in [-0.2, -0.15) is 0 Å². The predicted molar refractivity (Wildman–Crippen MR) is 47.9 cm³/mol. The van der Waals surface area contributed by atoms with Gasteiger partial charge in [0.1, 0.15) is 6.29 Å². The monoisotopic (exact) mass is 170 g/mol. The molecule has 70 valence electrons. The lowest BCUT2D eigenvalue weighted by molar-refractivity contribution is -0.117. The van der Waals surface area contributed by atoms with E-state index in [0.717, 1.165) is 32.0 Å². The van der Waals surface area contributed by atoms with Crippen molar-refractivity contribution in [3.63, 3.8) is 0 Å². The second-order valence-electron chi connectivity index (χ2n) is 3.87.